The fourth-order valence-electron chi connectivity index (χ4n) is 2.91. The van der Waals surface area contributed by atoms with Gasteiger partial charge in [-0.15, -0.1) is 0 Å². The Morgan fingerprint density at radius 3 is 2.41 bits per heavy atom. The van der Waals surface area contributed by atoms with Crippen LogP contribution in [0.5, 0.6) is 11.5 Å². The Bertz CT molecular complexity index is 953. The molecule has 2 aromatic carbocycles. The predicted octanol–water partition coefficient (Wildman–Crippen LogP) is 3.56. The van der Waals surface area contributed by atoms with Crippen LogP contribution in [0, 0.1) is 0 Å². The molecule has 0 unspecified atom stereocenters. The highest BCUT2D eigenvalue weighted by Gasteiger charge is 2.23. The third kappa shape index (κ3) is 5.48. The summed E-state index contributed by atoms with van der Waals surface area (Å²) in [6, 6.07) is 11.3. The van der Waals surface area contributed by atoms with Crippen molar-refractivity contribution in [3.63, 3.8) is 0 Å². The molecule has 0 saturated heterocycles. The average molecular weight is 421 g/mol. The minimum atomic E-state index is -3.71. The minimum Gasteiger partial charge on any atom is -0.506 e. The lowest BCUT2D eigenvalue weighted by Crippen LogP contribution is -2.30. The Morgan fingerprint density at radius 2 is 1.79 bits per heavy atom. The van der Waals surface area contributed by atoms with Gasteiger partial charge in [-0.3, -0.25) is 4.79 Å². The lowest BCUT2D eigenvalue weighted by atomic mass is 10.0. The SMILES string of the molecule is CCN(CC)S(=O)(=O)c1ccc(O)c(NC(=O)COc2ccccc2C(C)C)c1. The molecule has 2 N–H and O–H groups in total. The standard InChI is InChI=1S/C21H28N2O5S/c1-5-23(6-2)29(26,27)16-11-12-19(24)18(13-16)22-21(25)14-28-20-10-8-7-9-17(20)15(3)4/h7-13,15,24H,5-6,14H2,1-4H3,(H,22,25). The lowest BCUT2D eigenvalue weighted by Gasteiger charge is -2.19. The molecule has 1 amide bonds. The summed E-state index contributed by atoms with van der Waals surface area (Å²) in [5.74, 6) is 0.121. The summed E-state index contributed by atoms with van der Waals surface area (Å²) < 4.78 is 32.3. The summed E-state index contributed by atoms with van der Waals surface area (Å²) >= 11 is 0. The molecule has 0 aliphatic carbocycles. The van der Waals surface area contributed by atoms with Gasteiger partial charge in [0.25, 0.3) is 5.91 Å². The molecule has 0 saturated carbocycles. The largest absolute Gasteiger partial charge is 0.506 e. The van der Waals surface area contributed by atoms with Crippen LogP contribution in [-0.2, 0) is 14.8 Å². The van der Waals surface area contributed by atoms with Gasteiger partial charge in [-0.2, -0.15) is 4.31 Å². The number of aromatic hydroxyl groups is 1. The first kappa shape index (κ1) is 22.7. The van der Waals surface area contributed by atoms with E-state index < -0.39 is 15.9 Å². The van der Waals surface area contributed by atoms with Crippen LogP contribution in [0.3, 0.4) is 0 Å². The number of phenolic OH excluding ortho intramolecular Hbond substituents is 1. The first-order valence-electron chi connectivity index (χ1n) is 9.55. The van der Waals surface area contributed by atoms with Gasteiger partial charge < -0.3 is 15.2 Å². The molecule has 0 heterocycles. The topological polar surface area (TPSA) is 95.9 Å². The van der Waals surface area contributed by atoms with Crippen molar-refractivity contribution in [2.45, 2.75) is 38.5 Å². The van der Waals surface area contributed by atoms with Crippen LogP contribution in [-0.4, -0.2) is 43.4 Å². The normalized spacial score (nSPS) is 11.7. The number of para-hydroxylation sites is 1. The van der Waals surface area contributed by atoms with Gasteiger partial charge in [-0.05, 0) is 35.7 Å². The van der Waals surface area contributed by atoms with Crippen molar-refractivity contribution < 1.29 is 23.1 Å². The molecular weight excluding hydrogens is 392 g/mol. The highest BCUT2D eigenvalue weighted by molar-refractivity contribution is 7.89. The molecule has 0 fully saturated rings. The van der Waals surface area contributed by atoms with Crippen LogP contribution < -0.4 is 10.1 Å². The number of rotatable bonds is 9. The molecule has 0 spiro atoms. The quantitative estimate of drug-likeness (QED) is 0.605. The average Bonchev–Trinajstić information content (AvgIpc) is 2.68. The molecule has 0 aliphatic rings. The van der Waals surface area contributed by atoms with Gasteiger partial charge in [0.15, 0.2) is 6.61 Å². The highest BCUT2D eigenvalue weighted by Crippen LogP contribution is 2.29. The molecule has 0 bridgehead atoms. The van der Waals surface area contributed by atoms with Crippen LogP contribution in [0.1, 0.15) is 39.2 Å². The second kappa shape index (κ2) is 9.76. The van der Waals surface area contributed by atoms with Crippen LogP contribution in [0.25, 0.3) is 0 Å². The minimum absolute atomic E-state index is 0.000344. The van der Waals surface area contributed by atoms with E-state index in [2.05, 4.69) is 5.32 Å². The smallest absolute Gasteiger partial charge is 0.262 e. The summed E-state index contributed by atoms with van der Waals surface area (Å²) in [6.45, 7) is 7.93. The Labute approximate surface area is 172 Å². The molecule has 2 rings (SSSR count). The number of nitrogens with one attached hydrogen (secondary N) is 1. The van der Waals surface area contributed by atoms with Crippen LogP contribution >= 0.6 is 0 Å². The fraction of sp³-hybridized carbons (Fsp3) is 0.381. The molecule has 0 aromatic heterocycles. The van der Waals surface area contributed by atoms with Gasteiger partial charge in [-0.25, -0.2) is 8.42 Å². The van der Waals surface area contributed by atoms with Crippen molar-refractivity contribution in [3.8, 4) is 11.5 Å². The molecule has 0 atom stereocenters. The lowest BCUT2D eigenvalue weighted by molar-refractivity contribution is -0.118. The summed E-state index contributed by atoms with van der Waals surface area (Å²) in [5, 5.41) is 12.6. The third-order valence-electron chi connectivity index (χ3n) is 4.49. The highest BCUT2D eigenvalue weighted by atomic mass is 32.2. The number of hydrogen-bond donors (Lipinski definition) is 2. The summed E-state index contributed by atoms with van der Waals surface area (Å²) in [7, 11) is -3.71. The Balaban J connectivity index is 2.15. The maximum absolute atomic E-state index is 12.7. The number of phenols is 1. The molecule has 0 radical (unpaired) electrons. The van der Waals surface area contributed by atoms with Crippen molar-refractivity contribution >= 4 is 21.6 Å². The number of carbonyl (C=O) groups is 1. The van der Waals surface area contributed by atoms with Crippen molar-refractivity contribution in [1.82, 2.24) is 4.31 Å². The van der Waals surface area contributed by atoms with Gasteiger partial charge in [0.05, 0.1) is 10.6 Å². The number of benzene rings is 2. The summed E-state index contributed by atoms with van der Waals surface area (Å²) in [4.78, 5) is 12.3. The summed E-state index contributed by atoms with van der Waals surface area (Å²) in [6.07, 6.45) is 0. The number of nitrogens with zero attached hydrogens (tertiary/aromatic N) is 1. The molecule has 29 heavy (non-hydrogen) atoms. The fourth-order valence-corrected chi connectivity index (χ4v) is 4.39. The van der Waals surface area contributed by atoms with Gasteiger partial charge in [0, 0.05) is 13.1 Å². The van der Waals surface area contributed by atoms with Gasteiger partial charge >= 0.3 is 0 Å². The Hall–Kier alpha value is -2.58. The van der Waals surface area contributed by atoms with E-state index in [9.17, 15) is 18.3 Å². The number of amides is 1. The van der Waals surface area contributed by atoms with Crippen molar-refractivity contribution in [1.29, 1.82) is 0 Å². The van der Waals surface area contributed by atoms with E-state index in [1.165, 1.54) is 22.5 Å². The second-order valence-electron chi connectivity index (χ2n) is 6.80. The molecule has 8 heteroatoms. The van der Waals surface area contributed by atoms with E-state index >= 15 is 0 Å². The maximum Gasteiger partial charge on any atom is 0.262 e. The molecule has 7 nitrogen and oxygen atoms in total. The number of ether oxygens (including phenoxy) is 1. The Morgan fingerprint density at radius 1 is 1.14 bits per heavy atom. The first-order chi connectivity index (χ1) is 13.7. The van der Waals surface area contributed by atoms with Crippen molar-refractivity contribution in [3.05, 3.63) is 48.0 Å². The molecule has 0 aliphatic heterocycles. The second-order valence-corrected chi connectivity index (χ2v) is 8.74. The van der Waals surface area contributed by atoms with Crippen molar-refractivity contribution in [2.24, 2.45) is 0 Å². The van der Waals surface area contributed by atoms with Gasteiger partial charge in [-0.1, -0.05) is 45.9 Å². The van der Waals surface area contributed by atoms with Gasteiger partial charge in [0.2, 0.25) is 10.0 Å². The van der Waals surface area contributed by atoms with E-state index in [-0.39, 0.29) is 28.9 Å². The number of hydrogen-bond acceptors (Lipinski definition) is 5. The zero-order valence-electron chi connectivity index (χ0n) is 17.2. The van der Waals surface area contributed by atoms with E-state index in [1.54, 1.807) is 19.9 Å². The van der Waals surface area contributed by atoms with Crippen LogP contribution in [0.4, 0.5) is 5.69 Å². The van der Waals surface area contributed by atoms with E-state index in [0.29, 0.717) is 18.8 Å². The zero-order valence-corrected chi connectivity index (χ0v) is 18.0. The van der Waals surface area contributed by atoms with E-state index in [4.69, 9.17) is 4.74 Å². The number of sulfonamides is 1. The predicted molar refractivity (Wildman–Crippen MR) is 113 cm³/mol. The maximum atomic E-state index is 12.7. The summed E-state index contributed by atoms with van der Waals surface area (Å²) in [5.41, 5.74) is 0.999. The zero-order chi connectivity index (χ0) is 21.6. The van der Waals surface area contributed by atoms with Gasteiger partial charge in [0.1, 0.15) is 11.5 Å². The Kier molecular flexibility index (Phi) is 7.64. The van der Waals surface area contributed by atoms with Crippen LogP contribution in [0.2, 0.25) is 0 Å². The monoisotopic (exact) mass is 420 g/mol. The number of anilines is 1. The molecular formula is C21H28N2O5S. The van der Waals surface area contributed by atoms with Crippen molar-refractivity contribution in [2.75, 3.05) is 25.0 Å². The molecule has 158 valence electrons. The van der Waals surface area contributed by atoms with E-state index in [0.717, 1.165) is 5.56 Å². The third-order valence-corrected chi connectivity index (χ3v) is 6.53. The molecule has 2 aromatic rings. The first-order valence-corrected chi connectivity index (χ1v) is 11.0. The van der Waals surface area contributed by atoms with Crippen LogP contribution in [0.15, 0.2) is 47.4 Å². The number of carbonyl (C=O) groups excluding carboxylic acids is 1. The van der Waals surface area contributed by atoms with E-state index in [1.807, 2.05) is 32.0 Å².